The number of nitrogens with two attached hydrogens (primary N) is 1. The van der Waals surface area contributed by atoms with E-state index in [0.29, 0.717) is 17.5 Å². The largest absolute Gasteiger partial charge is 0.330 e. The average molecular weight is 324 g/mol. The summed E-state index contributed by atoms with van der Waals surface area (Å²) >= 11 is 6.24. The first-order chi connectivity index (χ1) is 10.5. The van der Waals surface area contributed by atoms with E-state index >= 15 is 0 Å². The van der Waals surface area contributed by atoms with Crippen molar-refractivity contribution in [2.45, 2.75) is 33.1 Å². The van der Waals surface area contributed by atoms with E-state index in [1.807, 2.05) is 26.0 Å². The van der Waals surface area contributed by atoms with Crippen molar-refractivity contribution in [1.29, 1.82) is 0 Å². The summed E-state index contributed by atoms with van der Waals surface area (Å²) in [7, 11) is 0. The van der Waals surface area contributed by atoms with E-state index in [4.69, 9.17) is 17.3 Å². The van der Waals surface area contributed by atoms with Crippen molar-refractivity contribution >= 4 is 23.2 Å². The van der Waals surface area contributed by atoms with Gasteiger partial charge in [0.05, 0.1) is 17.3 Å². The van der Waals surface area contributed by atoms with Crippen LogP contribution in [-0.4, -0.2) is 37.0 Å². The predicted octanol–water partition coefficient (Wildman–Crippen LogP) is 2.96. The number of anilines is 1. The molecule has 1 aromatic carbocycles. The molecule has 22 heavy (non-hydrogen) atoms. The van der Waals surface area contributed by atoms with Crippen LogP contribution < -0.4 is 11.1 Å². The number of amides is 1. The summed E-state index contributed by atoms with van der Waals surface area (Å²) in [6, 6.07) is 3.90. The highest BCUT2D eigenvalue weighted by Crippen LogP contribution is 2.27. The zero-order valence-electron chi connectivity index (χ0n) is 13.5. The van der Waals surface area contributed by atoms with E-state index in [2.05, 4.69) is 10.2 Å². The summed E-state index contributed by atoms with van der Waals surface area (Å²) in [4.78, 5) is 14.5. The highest BCUT2D eigenvalue weighted by atomic mass is 35.5. The monoisotopic (exact) mass is 323 g/mol. The maximum Gasteiger partial charge on any atom is 0.238 e. The van der Waals surface area contributed by atoms with Crippen molar-refractivity contribution in [3.8, 4) is 0 Å². The Morgan fingerprint density at radius 2 is 2.23 bits per heavy atom. The molecule has 1 unspecified atom stereocenters. The molecule has 5 heteroatoms. The standard InChI is InChI=1S/C17H26ClN3O/c1-12-8-13(2)17(15(18)9-12)20-16(22)11-21-7-3-4-14(10-21)5-6-19/h8-9,14H,3-7,10-11,19H2,1-2H3,(H,20,22). The Bertz CT molecular complexity index is 508. The highest BCUT2D eigenvalue weighted by Gasteiger charge is 2.21. The zero-order valence-corrected chi connectivity index (χ0v) is 14.2. The van der Waals surface area contributed by atoms with E-state index in [1.165, 1.54) is 6.42 Å². The lowest BCUT2D eigenvalue weighted by molar-refractivity contribution is -0.117. The van der Waals surface area contributed by atoms with Crippen molar-refractivity contribution in [3.63, 3.8) is 0 Å². The predicted molar refractivity (Wildman–Crippen MR) is 92.4 cm³/mol. The van der Waals surface area contributed by atoms with Crippen LogP contribution in [0, 0.1) is 19.8 Å². The van der Waals surface area contributed by atoms with Crippen molar-refractivity contribution < 1.29 is 4.79 Å². The van der Waals surface area contributed by atoms with Crippen molar-refractivity contribution in [2.24, 2.45) is 11.7 Å². The molecule has 0 aromatic heterocycles. The molecule has 1 aliphatic heterocycles. The summed E-state index contributed by atoms with van der Waals surface area (Å²) in [5.74, 6) is 0.624. The van der Waals surface area contributed by atoms with Gasteiger partial charge in [-0.15, -0.1) is 0 Å². The molecule has 1 atom stereocenters. The smallest absolute Gasteiger partial charge is 0.238 e. The van der Waals surface area contributed by atoms with Crippen LogP contribution in [0.2, 0.25) is 5.02 Å². The Labute approximate surface area is 138 Å². The Kier molecular flexibility index (Phi) is 6.24. The SMILES string of the molecule is Cc1cc(C)c(NC(=O)CN2CCCC(CCN)C2)c(Cl)c1. The van der Waals surface area contributed by atoms with Gasteiger partial charge < -0.3 is 11.1 Å². The van der Waals surface area contributed by atoms with Gasteiger partial charge in [-0.25, -0.2) is 0 Å². The van der Waals surface area contributed by atoms with E-state index in [9.17, 15) is 4.79 Å². The number of halogens is 1. The molecule has 3 N–H and O–H groups in total. The average Bonchev–Trinajstić information content (AvgIpc) is 2.43. The maximum atomic E-state index is 12.3. The second-order valence-electron chi connectivity index (χ2n) is 6.31. The first kappa shape index (κ1) is 17.3. The van der Waals surface area contributed by atoms with Gasteiger partial charge >= 0.3 is 0 Å². The van der Waals surface area contributed by atoms with Gasteiger partial charge in [-0.1, -0.05) is 17.7 Å². The molecule has 0 spiro atoms. The first-order valence-corrected chi connectivity index (χ1v) is 8.36. The molecule has 2 rings (SSSR count). The fourth-order valence-corrected chi connectivity index (χ4v) is 3.59. The number of hydrogen-bond acceptors (Lipinski definition) is 3. The zero-order chi connectivity index (χ0) is 16.1. The maximum absolute atomic E-state index is 12.3. The fraction of sp³-hybridized carbons (Fsp3) is 0.588. The number of rotatable bonds is 5. The molecule has 1 heterocycles. The Morgan fingerprint density at radius 3 is 2.91 bits per heavy atom. The molecular weight excluding hydrogens is 298 g/mol. The minimum absolute atomic E-state index is 0.00208. The number of nitrogens with one attached hydrogen (secondary N) is 1. The Morgan fingerprint density at radius 1 is 1.45 bits per heavy atom. The van der Waals surface area contributed by atoms with E-state index in [-0.39, 0.29) is 5.91 Å². The quantitative estimate of drug-likeness (QED) is 0.876. The molecule has 1 amide bonds. The molecule has 1 saturated heterocycles. The van der Waals surface area contributed by atoms with Crippen LogP contribution in [0.15, 0.2) is 12.1 Å². The number of aryl methyl sites for hydroxylation is 2. The summed E-state index contributed by atoms with van der Waals surface area (Å²) in [5, 5.41) is 3.56. The Balaban J connectivity index is 1.93. The van der Waals surface area contributed by atoms with Gasteiger partial charge in [0.1, 0.15) is 0 Å². The molecule has 1 aliphatic rings. The van der Waals surface area contributed by atoms with Crippen LogP contribution >= 0.6 is 11.6 Å². The number of carbonyl (C=O) groups is 1. The van der Waals surface area contributed by atoms with Crippen molar-refractivity contribution in [2.75, 3.05) is 31.5 Å². The van der Waals surface area contributed by atoms with Crippen molar-refractivity contribution in [1.82, 2.24) is 4.90 Å². The number of hydrogen-bond donors (Lipinski definition) is 2. The molecule has 0 bridgehead atoms. The summed E-state index contributed by atoms with van der Waals surface area (Å²) in [5.41, 5.74) is 8.47. The van der Waals surface area contributed by atoms with Gasteiger partial charge in [0.15, 0.2) is 0 Å². The van der Waals surface area contributed by atoms with Gasteiger partial charge in [0.2, 0.25) is 5.91 Å². The number of benzene rings is 1. The Hall–Kier alpha value is -1.10. The molecular formula is C17H26ClN3O. The van der Waals surface area contributed by atoms with Crippen LogP contribution in [0.4, 0.5) is 5.69 Å². The normalized spacial score (nSPS) is 19.2. The second kappa shape index (κ2) is 7.95. The molecule has 0 radical (unpaired) electrons. The van der Waals surface area contributed by atoms with E-state index in [1.54, 1.807) is 0 Å². The molecule has 0 aliphatic carbocycles. The van der Waals surface area contributed by atoms with Crippen LogP contribution in [0.25, 0.3) is 0 Å². The van der Waals surface area contributed by atoms with Crippen LogP contribution in [-0.2, 0) is 4.79 Å². The summed E-state index contributed by atoms with van der Waals surface area (Å²) < 4.78 is 0. The van der Waals surface area contributed by atoms with E-state index < -0.39 is 0 Å². The highest BCUT2D eigenvalue weighted by molar-refractivity contribution is 6.34. The van der Waals surface area contributed by atoms with Gasteiger partial charge in [-0.2, -0.15) is 0 Å². The van der Waals surface area contributed by atoms with Crippen LogP contribution in [0.5, 0.6) is 0 Å². The van der Waals surface area contributed by atoms with Gasteiger partial charge in [-0.05, 0) is 69.3 Å². The fourth-order valence-electron chi connectivity index (χ4n) is 3.22. The molecule has 0 saturated carbocycles. The van der Waals surface area contributed by atoms with Crippen LogP contribution in [0.3, 0.4) is 0 Å². The lowest BCUT2D eigenvalue weighted by Crippen LogP contribution is -2.41. The van der Waals surface area contributed by atoms with Gasteiger partial charge in [0.25, 0.3) is 0 Å². The lowest BCUT2D eigenvalue weighted by Gasteiger charge is -2.32. The molecule has 4 nitrogen and oxygen atoms in total. The number of carbonyl (C=O) groups excluding carboxylic acids is 1. The number of likely N-dealkylation sites (tertiary alicyclic amines) is 1. The van der Waals surface area contributed by atoms with Gasteiger partial charge in [0, 0.05) is 6.54 Å². The third-order valence-electron chi connectivity index (χ3n) is 4.24. The molecule has 1 fully saturated rings. The number of nitrogens with zero attached hydrogens (tertiary/aromatic N) is 1. The van der Waals surface area contributed by atoms with Gasteiger partial charge in [-0.3, -0.25) is 9.69 Å². The first-order valence-electron chi connectivity index (χ1n) is 7.98. The third kappa shape index (κ3) is 4.70. The summed E-state index contributed by atoms with van der Waals surface area (Å²) in [6.07, 6.45) is 3.40. The van der Waals surface area contributed by atoms with Crippen molar-refractivity contribution in [3.05, 3.63) is 28.3 Å². The molecule has 1 aromatic rings. The summed E-state index contributed by atoms with van der Waals surface area (Å²) in [6.45, 7) is 7.05. The molecule has 122 valence electrons. The minimum atomic E-state index is 0.00208. The lowest BCUT2D eigenvalue weighted by atomic mass is 9.95. The topological polar surface area (TPSA) is 58.4 Å². The minimum Gasteiger partial charge on any atom is -0.330 e. The van der Waals surface area contributed by atoms with Crippen LogP contribution in [0.1, 0.15) is 30.4 Å². The second-order valence-corrected chi connectivity index (χ2v) is 6.71. The van der Waals surface area contributed by atoms with E-state index in [0.717, 1.165) is 49.3 Å². The number of piperidine rings is 1. The third-order valence-corrected chi connectivity index (χ3v) is 4.54.